The van der Waals surface area contributed by atoms with Gasteiger partial charge in [-0.05, 0) is 31.5 Å². The number of aryl methyl sites for hydroxylation is 3. The highest BCUT2D eigenvalue weighted by Crippen LogP contribution is 2.22. The SMILES string of the molecule is Cc1cc(NC(=O)CCn2ccc(=O)[nH]c2=O)n(-c2cc(C)c3ccccc3n2)n1. The number of anilines is 1. The Kier molecular flexibility index (Phi) is 5.01. The molecule has 3 aromatic heterocycles. The highest BCUT2D eigenvalue weighted by molar-refractivity contribution is 5.90. The van der Waals surface area contributed by atoms with E-state index in [1.165, 1.54) is 16.8 Å². The number of carbonyl (C=O) groups excluding carboxylic acids is 1. The number of aromatic nitrogens is 5. The van der Waals surface area contributed by atoms with E-state index in [2.05, 4.69) is 20.4 Å². The number of benzene rings is 1. The molecule has 0 saturated carbocycles. The summed E-state index contributed by atoms with van der Waals surface area (Å²) in [5, 5.41) is 8.36. The molecule has 0 spiro atoms. The van der Waals surface area contributed by atoms with Gasteiger partial charge in [0.15, 0.2) is 5.82 Å². The van der Waals surface area contributed by atoms with Gasteiger partial charge in [0.2, 0.25) is 5.91 Å². The predicted octanol–water partition coefficient (Wildman–Crippen LogP) is 1.92. The summed E-state index contributed by atoms with van der Waals surface area (Å²) in [6.45, 7) is 3.98. The molecule has 0 bridgehead atoms. The first kappa shape index (κ1) is 19.3. The zero-order valence-electron chi connectivity index (χ0n) is 16.5. The third kappa shape index (κ3) is 3.90. The van der Waals surface area contributed by atoms with E-state index in [1.54, 1.807) is 10.7 Å². The molecule has 152 valence electrons. The number of H-pyrrole nitrogens is 1. The van der Waals surface area contributed by atoms with E-state index >= 15 is 0 Å². The van der Waals surface area contributed by atoms with Gasteiger partial charge in [-0.3, -0.25) is 14.6 Å². The van der Waals surface area contributed by atoms with E-state index in [4.69, 9.17) is 0 Å². The third-order valence-electron chi connectivity index (χ3n) is 4.70. The molecule has 3 heterocycles. The summed E-state index contributed by atoms with van der Waals surface area (Å²) in [6.07, 6.45) is 1.42. The predicted molar refractivity (Wildman–Crippen MR) is 113 cm³/mol. The fourth-order valence-electron chi connectivity index (χ4n) is 3.25. The van der Waals surface area contributed by atoms with Crippen LogP contribution < -0.4 is 16.6 Å². The second-order valence-corrected chi connectivity index (χ2v) is 7.00. The van der Waals surface area contributed by atoms with Crippen molar-refractivity contribution in [1.82, 2.24) is 24.3 Å². The quantitative estimate of drug-likeness (QED) is 0.527. The fraction of sp³-hybridized carbons (Fsp3) is 0.190. The average molecular weight is 404 g/mol. The van der Waals surface area contributed by atoms with Gasteiger partial charge in [-0.15, -0.1) is 0 Å². The first-order chi connectivity index (χ1) is 14.4. The molecule has 0 radical (unpaired) electrons. The number of fused-ring (bicyclic) bond motifs is 1. The van der Waals surface area contributed by atoms with Crippen molar-refractivity contribution < 1.29 is 4.79 Å². The summed E-state index contributed by atoms with van der Waals surface area (Å²) in [5.41, 5.74) is 1.61. The van der Waals surface area contributed by atoms with Crippen LogP contribution in [0.25, 0.3) is 16.7 Å². The van der Waals surface area contributed by atoms with Crippen LogP contribution in [0.3, 0.4) is 0 Å². The lowest BCUT2D eigenvalue weighted by Gasteiger charge is -2.11. The Hall–Kier alpha value is -4.01. The largest absolute Gasteiger partial charge is 0.328 e. The molecule has 30 heavy (non-hydrogen) atoms. The summed E-state index contributed by atoms with van der Waals surface area (Å²) in [4.78, 5) is 42.2. The Morgan fingerprint density at radius 1 is 1.13 bits per heavy atom. The van der Waals surface area contributed by atoms with Crippen molar-refractivity contribution in [2.45, 2.75) is 26.8 Å². The van der Waals surface area contributed by atoms with Gasteiger partial charge in [0.25, 0.3) is 5.56 Å². The second-order valence-electron chi connectivity index (χ2n) is 7.00. The molecule has 4 aromatic rings. The van der Waals surface area contributed by atoms with E-state index in [1.807, 2.05) is 44.2 Å². The maximum atomic E-state index is 12.5. The van der Waals surface area contributed by atoms with Crippen molar-refractivity contribution >= 4 is 22.6 Å². The fourth-order valence-corrected chi connectivity index (χ4v) is 3.25. The first-order valence-corrected chi connectivity index (χ1v) is 9.44. The minimum Gasteiger partial charge on any atom is -0.310 e. The summed E-state index contributed by atoms with van der Waals surface area (Å²) >= 11 is 0. The number of nitrogens with one attached hydrogen (secondary N) is 2. The van der Waals surface area contributed by atoms with Crippen LogP contribution in [-0.2, 0) is 11.3 Å². The van der Waals surface area contributed by atoms with Crippen molar-refractivity contribution in [3.63, 3.8) is 0 Å². The lowest BCUT2D eigenvalue weighted by atomic mass is 10.1. The molecular formula is C21H20N6O3. The van der Waals surface area contributed by atoms with Gasteiger partial charge < -0.3 is 9.88 Å². The minimum atomic E-state index is -0.549. The van der Waals surface area contributed by atoms with Crippen LogP contribution in [0.4, 0.5) is 5.82 Å². The van der Waals surface area contributed by atoms with Crippen LogP contribution in [0, 0.1) is 13.8 Å². The van der Waals surface area contributed by atoms with E-state index in [0.29, 0.717) is 11.6 Å². The molecule has 1 aromatic carbocycles. The van der Waals surface area contributed by atoms with E-state index in [9.17, 15) is 14.4 Å². The molecule has 0 unspecified atom stereocenters. The van der Waals surface area contributed by atoms with Crippen molar-refractivity contribution in [3.8, 4) is 5.82 Å². The number of carbonyl (C=O) groups is 1. The minimum absolute atomic E-state index is 0.0559. The zero-order valence-corrected chi connectivity index (χ0v) is 16.5. The Labute approximate surface area is 171 Å². The van der Waals surface area contributed by atoms with Crippen LogP contribution in [0.2, 0.25) is 0 Å². The maximum absolute atomic E-state index is 12.5. The van der Waals surface area contributed by atoms with Gasteiger partial charge in [-0.2, -0.15) is 9.78 Å². The molecule has 0 fully saturated rings. The smallest absolute Gasteiger partial charge is 0.310 e. The van der Waals surface area contributed by atoms with Gasteiger partial charge in [-0.1, -0.05) is 18.2 Å². The normalized spacial score (nSPS) is 11.0. The molecule has 0 atom stereocenters. The van der Waals surface area contributed by atoms with Gasteiger partial charge >= 0.3 is 5.69 Å². The molecule has 1 amide bonds. The summed E-state index contributed by atoms with van der Waals surface area (Å²) in [5.74, 6) is 0.812. The van der Waals surface area contributed by atoms with Crippen LogP contribution in [0.5, 0.6) is 0 Å². The number of aromatic amines is 1. The van der Waals surface area contributed by atoms with Crippen molar-refractivity contribution in [3.05, 3.63) is 80.8 Å². The lowest BCUT2D eigenvalue weighted by Crippen LogP contribution is -2.30. The number of nitrogens with zero attached hydrogens (tertiary/aromatic N) is 4. The summed E-state index contributed by atoms with van der Waals surface area (Å²) < 4.78 is 2.87. The Morgan fingerprint density at radius 2 is 1.93 bits per heavy atom. The number of para-hydroxylation sites is 1. The Balaban J connectivity index is 1.57. The number of pyridine rings is 1. The molecule has 4 rings (SSSR count). The van der Waals surface area contributed by atoms with E-state index < -0.39 is 11.2 Å². The van der Waals surface area contributed by atoms with Crippen molar-refractivity contribution in [1.29, 1.82) is 0 Å². The molecule has 9 heteroatoms. The van der Waals surface area contributed by atoms with E-state index in [-0.39, 0.29) is 18.9 Å². The number of hydrogen-bond donors (Lipinski definition) is 2. The van der Waals surface area contributed by atoms with Gasteiger partial charge in [0.05, 0.1) is 11.2 Å². The number of hydrogen-bond acceptors (Lipinski definition) is 5. The molecule has 0 aliphatic rings. The van der Waals surface area contributed by atoms with E-state index in [0.717, 1.165) is 22.2 Å². The monoisotopic (exact) mass is 404 g/mol. The Morgan fingerprint density at radius 3 is 2.73 bits per heavy atom. The highest BCUT2D eigenvalue weighted by atomic mass is 16.2. The van der Waals surface area contributed by atoms with Crippen LogP contribution in [-0.4, -0.2) is 30.2 Å². The van der Waals surface area contributed by atoms with Crippen LogP contribution in [0.1, 0.15) is 17.7 Å². The number of amides is 1. The van der Waals surface area contributed by atoms with Crippen LogP contribution >= 0.6 is 0 Å². The van der Waals surface area contributed by atoms with Crippen molar-refractivity contribution in [2.24, 2.45) is 0 Å². The molecular weight excluding hydrogens is 384 g/mol. The molecule has 2 N–H and O–H groups in total. The summed E-state index contributed by atoms with van der Waals surface area (Å²) in [6, 6.07) is 12.8. The average Bonchev–Trinajstić information content (AvgIpc) is 3.07. The highest BCUT2D eigenvalue weighted by Gasteiger charge is 2.14. The molecule has 0 saturated heterocycles. The van der Waals surface area contributed by atoms with Gasteiger partial charge in [-0.25, -0.2) is 9.78 Å². The molecule has 9 nitrogen and oxygen atoms in total. The molecule has 0 aliphatic heterocycles. The summed E-state index contributed by atoms with van der Waals surface area (Å²) in [7, 11) is 0. The topological polar surface area (TPSA) is 115 Å². The van der Waals surface area contributed by atoms with Gasteiger partial charge in [0.1, 0.15) is 5.82 Å². The second kappa shape index (κ2) is 7.78. The number of rotatable bonds is 5. The van der Waals surface area contributed by atoms with Crippen LogP contribution in [0.15, 0.2) is 58.3 Å². The Bertz CT molecular complexity index is 1370. The maximum Gasteiger partial charge on any atom is 0.328 e. The van der Waals surface area contributed by atoms with Crippen molar-refractivity contribution in [2.75, 3.05) is 5.32 Å². The third-order valence-corrected chi connectivity index (χ3v) is 4.70. The van der Waals surface area contributed by atoms with Gasteiger partial charge in [0, 0.05) is 36.7 Å². The first-order valence-electron chi connectivity index (χ1n) is 9.44. The zero-order chi connectivity index (χ0) is 21.3. The molecule has 0 aliphatic carbocycles. The lowest BCUT2D eigenvalue weighted by molar-refractivity contribution is -0.116. The standard InChI is InChI=1S/C21H20N6O3/c1-13-11-17(22-16-6-4-3-5-15(13)16)27-18(12-14(2)25-27)23-19(28)7-9-26-10-8-20(29)24-21(26)30/h3-6,8,10-12H,7,9H2,1-2H3,(H,23,28)(H,24,29,30).